The topological polar surface area (TPSA) is 49.8 Å². The minimum Gasteiger partial charge on any atom is -0.460 e. The van der Waals surface area contributed by atoms with Crippen molar-refractivity contribution in [1.82, 2.24) is 4.90 Å². The number of ether oxygens (including phenoxy) is 1. The molecular weight excluding hydrogens is 218 g/mol. The SMILES string of the molecule is CCC(C)C(=O)O[C@@H]1CCN2CC[C@H](CO)C12. The molecule has 0 aromatic rings. The van der Waals surface area contributed by atoms with Gasteiger partial charge in [-0.05, 0) is 25.8 Å². The molecule has 4 nitrogen and oxygen atoms in total. The van der Waals surface area contributed by atoms with Gasteiger partial charge in [0.05, 0.1) is 12.0 Å². The zero-order valence-corrected chi connectivity index (χ0v) is 10.8. The summed E-state index contributed by atoms with van der Waals surface area (Å²) < 4.78 is 5.62. The highest BCUT2D eigenvalue weighted by molar-refractivity contribution is 5.72. The van der Waals surface area contributed by atoms with Gasteiger partial charge < -0.3 is 9.84 Å². The van der Waals surface area contributed by atoms with Crippen molar-refractivity contribution in [1.29, 1.82) is 0 Å². The third-order valence-electron chi connectivity index (χ3n) is 4.29. The molecule has 2 saturated heterocycles. The van der Waals surface area contributed by atoms with E-state index < -0.39 is 0 Å². The van der Waals surface area contributed by atoms with E-state index in [1.807, 2.05) is 13.8 Å². The highest BCUT2D eigenvalue weighted by atomic mass is 16.5. The molecule has 2 rings (SSSR count). The predicted molar refractivity (Wildman–Crippen MR) is 64.5 cm³/mol. The second kappa shape index (κ2) is 5.36. The van der Waals surface area contributed by atoms with Crippen LogP contribution in [0, 0.1) is 11.8 Å². The Morgan fingerprint density at radius 1 is 1.47 bits per heavy atom. The molecule has 2 aliphatic rings. The summed E-state index contributed by atoms with van der Waals surface area (Å²) >= 11 is 0. The fourth-order valence-corrected chi connectivity index (χ4v) is 2.97. The van der Waals surface area contributed by atoms with Crippen LogP contribution < -0.4 is 0 Å². The Balaban J connectivity index is 1.95. The minimum atomic E-state index is -0.0806. The van der Waals surface area contributed by atoms with E-state index in [2.05, 4.69) is 4.90 Å². The molecule has 0 aromatic carbocycles. The van der Waals surface area contributed by atoms with E-state index in [1.165, 1.54) is 0 Å². The van der Waals surface area contributed by atoms with Crippen molar-refractivity contribution in [3.8, 4) is 0 Å². The molecule has 0 amide bonds. The summed E-state index contributed by atoms with van der Waals surface area (Å²) in [6.07, 6.45) is 2.77. The Morgan fingerprint density at radius 2 is 2.18 bits per heavy atom. The Labute approximate surface area is 103 Å². The number of carbonyl (C=O) groups excluding carboxylic acids is 1. The number of rotatable bonds is 4. The Kier molecular flexibility index (Phi) is 4.05. The zero-order chi connectivity index (χ0) is 12.4. The first-order chi connectivity index (χ1) is 8.17. The van der Waals surface area contributed by atoms with Gasteiger partial charge in [-0.15, -0.1) is 0 Å². The number of aliphatic hydroxyl groups is 1. The van der Waals surface area contributed by atoms with Gasteiger partial charge in [-0.25, -0.2) is 0 Å². The second-order valence-electron chi connectivity index (χ2n) is 5.33. The summed E-state index contributed by atoms with van der Waals surface area (Å²) in [5.74, 6) is 0.188. The third-order valence-corrected chi connectivity index (χ3v) is 4.29. The van der Waals surface area contributed by atoms with Crippen LogP contribution in [0.2, 0.25) is 0 Å². The molecule has 2 unspecified atom stereocenters. The number of aliphatic hydroxyl groups excluding tert-OH is 1. The van der Waals surface area contributed by atoms with Crippen molar-refractivity contribution in [2.75, 3.05) is 19.7 Å². The van der Waals surface area contributed by atoms with Crippen molar-refractivity contribution >= 4 is 5.97 Å². The summed E-state index contributed by atoms with van der Waals surface area (Å²) in [5.41, 5.74) is 0. The monoisotopic (exact) mass is 241 g/mol. The summed E-state index contributed by atoms with van der Waals surface area (Å²) in [5, 5.41) is 9.35. The van der Waals surface area contributed by atoms with Crippen LogP contribution in [-0.2, 0) is 9.53 Å². The highest BCUT2D eigenvalue weighted by Gasteiger charge is 2.45. The lowest BCUT2D eigenvalue weighted by Crippen LogP contribution is -2.38. The number of nitrogens with zero attached hydrogens (tertiary/aromatic N) is 1. The average molecular weight is 241 g/mol. The first-order valence-corrected chi connectivity index (χ1v) is 6.72. The van der Waals surface area contributed by atoms with Crippen LogP contribution in [0.1, 0.15) is 33.1 Å². The first kappa shape index (κ1) is 12.8. The van der Waals surface area contributed by atoms with Crippen LogP contribution in [0.25, 0.3) is 0 Å². The molecule has 4 atom stereocenters. The van der Waals surface area contributed by atoms with Gasteiger partial charge in [0.25, 0.3) is 0 Å². The number of hydrogen-bond donors (Lipinski definition) is 1. The van der Waals surface area contributed by atoms with Crippen LogP contribution in [0.3, 0.4) is 0 Å². The van der Waals surface area contributed by atoms with Crippen molar-refractivity contribution in [2.45, 2.75) is 45.3 Å². The molecule has 98 valence electrons. The summed E-state index contributed by atoms with van der Waals surface area (Å²) in [7, 11) is 0. The molecule has 0 saturated carbocycles. The van der Waals surface area contributed by atoms with Crippen LogP contribution in [0.4, 0.5) is 0 Å². The molecule has 0 spiro atoms. The standard InChI is InChI=1S/C13H23NO3/c1-3-9(2)13(16)17-11-5-7-14-6-4-10(8-15)12(11)14/h9-12,15H,3-8H2,1-2H3/t9?,10-,11-,12?/m1/s1. The zero-order valence-electron chi connectivity index (χ0n) is 10.8. The van der Waals surface area contributed by atoms with Crippen molar-refractivity contribution in [2.24, 2.45) is 11.8 Å². The largest absolute Gasteiger partial charge is 0.460 e. The Morgan fingerprint density at radius 3 is 2.82 bits per heavy atom. The van der Waals surface area contributed by atoms with Gasteiger partial charge in [0.1, 0.15) is 6.10 Å². The predicted octanol–water partition coefficient (Wildman–Crippen LogP) is 1.03. The number of carbonyl (C=O) groups is 1. The molecule has 17 heavy (non-hydrogen) atoms. The maximum atomic E-state index is 11.8. The minimum absolute atomic E-state index is 0.00356. The highest BCUT2D eigenvalue weighted by Crippen LogP contribution is 2.34. The van der Waals surface area contributed by atoms with E-state index in [1.54, 1.807) is 0 Å². The van der Waals surface area contributed by atoms with Crippen LogP contribution in [-0.4, -0.2) is 47.8 Å². The molecule has 4 heteroatoms. The van der Waals surface area contributed by atoms with E-state index in [9.17, 15) is 9.90 Å². The summed E-state index contributed by atoms with van der Waals surface area (Å²) in [6, 6.07) is 0.257. The second-order valence-corrected chi connectivity index (χ2v) is 5.33. The normalized spacial score (nSPS) is 34.6. The van der Waals surface area contributed by atoms with E-state index >= 15 is 0 Å². The smallest absolute Gasteiger partial charge is 0.308 e. The fraction of sp³-hybridized carbons (Fsp3) is 0.923. The average Bonchev–Trinajstić information content (AvgIpc) is 2.90. The lowest BCUT2D eigenvalue weighted by atomic mass is 9.97. The van der Waals surface area contributed by atoms with Gasteiger partial charge in [-0.3, -0.25) is 9.69 Å². The van der Waals surface area contributed by atoms with E-state index in [0.717, 1.165) is 32.4 Å². The molecule has 0 aromatic heterocycles. The first-order valence-electron chi connectivity index (χ1n) is 6.72. The third kappa shape index (κ3) is 2.47. The summed E-state index contributed by atoms with van der Waals surface area (Å²) in [4.78, 5) is 14.2. The quantitative estimate of drug-likeness (QED) is 0.747. The fourth-order valence-electron chi connectivity index (χ4n) is 2.97. The molecule has 1 N–H and O–H groups in total. The van der Waals surface area contributed by atoms with Crippen LogP contribution in [0.5, 0.6) is 0 Å². The number of hydrogen-bond acceptors (Lipinski definition) is 4. The maximum absolute atomic E-state index is 11.8. The molecular formula is C13H23NO3. The molecule has 2 fully saturated rings. The molecule has 2 heterocycles. The summed E-state index contributed by atoms with van der Waals surface area (Å²) in [6.45, 7) is 6.15. The number of fused-ring (bicyclic) bond motifs is 1. The van der Waals surface area contributed by atoms with Crippen molar-refractivity contribution in [3.05, 3.63) is 0 Å². The molecule has 0 radical (unpaired) electrons. The van der Waals surface area contributed by atoms with Gasteiger partial charge in [0, 0.05) is 19.1 Å². The maximum Gasteiger partial charge on any atom is 0.308 e. The van der Waals surface area contributed by atoms with Gasteiger partial charge in [-0.2, -0.15) is 0 Å². The van der Waals surface area contributed by atoms with Gasteiger partial charge >= 0.3 is 5.97 Å². The molecule has 2 aliphatic heterocycles. The van der Waals surface area contributed by atoms with E-state index in [-0.39, 0.29) is 36.6 Å². The van der Waals surface area contributed by atoms with Crippen molar-refractivity contribution in [3.63, 3.8) is 0 Å². The van der Waals surface area contributed by atoms with Gasteiger partial charge in [-0.1, -0.05) is 13.8 Å². The van der Waals surface area contributed by atoms with Crippen LogP contribution in [0.15, 0.2) is 0 Å². The Hall–Kier alpha value is -0.610. The van der Waals surface area contributed by atoms with Crippen molar-refractivity contribution < 1.29 is 14.6 Å². The lowest BCUT2D eigenvalue weighted by Gasteiger charge is -2.25. The van der Waals surface area contributed by atoms with Gasteiger partial charge in [0.15, 0.2) is 0 Å². The molecule has 0 aliphatic carbocycles. The van der Waals surface area contributed by atoms with Crippen LogP contribution >= 0.6 is 0 Å². The van der Waals surface area contributed by atoms with E-state index in [0.29, 0.717) is 0 Å². The number of esters is 1. The van der Waals surface area contributed by atoms with Gasteiger partial charge in [0.2, 0.25) is 0 Å². The Bertz CT molecular complexity index is 282. The van der Waals surface area contributed by atoms with E-state index in [4.69, 9.17) is 4.74 Å². The lowest BCUT2D eigenvalue weighted by molar-refractivity contribution is -0.155. The molecule has 0 bridgehead atoms.